The van der Waals surface area contributed by atoms with Gasteiger partial charge in [0, 0.05) is 24.3 Å². The highest BCUT2D eigenvalue weighted by Crippen LogP contribution is 2.23. The zero-order chi connectivity index (χ0) is 28.7. The molecular formula is C28H37ClF3N5O. The van der Waals surface area contributed by atoms with Crippen molar-refractivity contribution in [3.8, 4) is 0 Å². The lowest BCUT2D eigenvalue weighted by atomic mass is 9.99. The summed E-state index contributed by atoms with van der Waals surface area (Å²) in [4.78, 5) is 6.16. The van der Waals surface area contributed by atoms with Crippen molar-refractivity contribution in [1.82, 2.24) is 4.98 Å². The fraction of sp³-hybridized carbons (Fsp3) is 0.357. The molecule has 1 heterocycles. The predicted molar refractivity (Wildman–Crippen MR) is 151 cm³/mol. The number of nitrogens with two attached hydrogens (primary N) is 1. The number of nitrogens with one attached hydrogen (secondary N) is 2. The summed E-state index contributed by atoms with van der Waals surface area (Å²) in [6, 6.07) is 11.9. The van der Waals surface area contributed by atoms with Crippen molar-refractivity contribution in [3.63, 3.8) is 0 Å². The molecule has 38 heavy (non-hydrogen) atoms. The molecule has 2 aromatic carbocycles. The van der Waals surface area contributed by atoms with Crippen LogP contribution < -0.4 is 16.1 Å². The first-order chi connectivity index (χ1) is 18.1. The summed E-state index contributed by atoms with van der Waals surface area (Å²) in [5.74, 6) is -2.08. The van der Waals surface area contributed by atoms with Gasteiger partial charge >= 0.3 is 0 Å². The second kappa shape index (κ2) is 17.3. The molecule has 0 amide bonds. The van der Waals surface area contributed by atoms with E-state index in [4.69, 9.17) is 28.0 Å². The van der Waals surface area contributed by atoms with E-state index in [1.54, 1.807) is 30.5 Å². The van der Waals surface area contributed by atoms with Crippen molar-refractivity contribution < 1.29 is 18.4 Å². The zero-order valence-corrected chi connectivity index (χ0v) is 23.0. The first kappa shape index (κ1) is 32.7. The fourth-order valence-electron chi connectivity index (χ4n) is 3.30. The summed E-state index contributed by atoms with van der Waals surface area (Å²) in [6.45, 7) is 10.0. The quantitative estimate of drug-likeness (QED) is 0.160. The van der Waals surface area contributed by atoms with E-state index >= 15 is 0 Å². The highest BCUT2D eigenvalue weighted by Gasteiger charge is 2.12. The van der Waals surface area contributed by atoms with Crippen LogP contribution in [0.4, 0.5) is 30.2 Å². The first-order valence-electron chi connectivity index (χ1n) is 12.4. The molecule has 0 bridgehead atoms. The number of nitrogen functional groups attached to an aromatic ring is 1. The molecule has 3 rings (SSSR count). The lowest BCUT2D eigenvalue weighted by Crippen LogP contribution is -2.25. The molecule has 1 aromatic heterocycles. The minimum Gasteiger partial charge on any atom is -0.397 e. The maximum atomic E-state index is 13.6. The monoisotopic (exact) mass is 551 g/mol. The van der Waals surface area contributed by atoms with Crippen molar-refractivity contribution in [1.29, 1.82) is 5.41 Å². The van der Waals surface area contributed by atoms with Crippen molar-refractivity contribution in [2.45, 2.75) is 47.0 Å². The second-order valence-electron chi connectivity index (χ2n) is 8.46. The van der Waals surface area contributed by atoms with Gasteiger partial charge in [-0.2, -0.15) is 0 Å². The lowest BCUT2D eigenvalue weighted by molar-refractivity contribution is 0.380. The van der Waals surface area contributed by atoms with E-state index in [1.165, 1.54) is 23.7 Å². The van der Waals surface area contributed by atoms with E-state index in [1.807, 2.05) is 6.92 Å². The molecule has 0 saturated carbocycles. The van der Waals surface area contributed by atoms with Crippen LogP contribution >= 0.6 is 11.6 Å². The van der Waals surface area contributed by atoms with Crippen LogP contribution in [-0.2, 0) is 0 Å². The number of halogens is 4. The molecule has 208 valence electrons. The Labute approximate surface area is 228 Å². The van der Waals surface area contributed by atoms with Gasteiger partial charge in [0.25, 0.3) is 0 Å². The SMILES string of the molecule is CCC(C)C(=N)c1ncccc1N.CCCN(CCC)c1ccc(Cl)cc1F.ONc1cccc(F)c1F. The molecule has 0 aliphatic heterocycles. The molecule has 0 aliphatic carbocycles. The van der Waals surface area contributed by atoms with Gasteiger partial charge in [-0.05, 0) is 67.6 Å². The van der Waals surface area contributed by atoms with Crippen LogP contribution in [0.25, 0.3) is 0 Å². The number of anilines is 3. The molecule has 3 aromatic rings. The lowest BCUT2D eigenvalue weighted by Gasteiger charge is -2.24. The zero-order valence-electron chi connectivity index (χ0n) is 22.2. The Balaban J connectivity index is 0.000000291. The summed E-state index contributed by atoms with van der Waals surface area (Å²) in [5, 5.41) is 16.5. The molecule has 5 N–H and O–H groups in total. The van der Waals surface area contributed by atoms with Crippen LogP contribution in [0.1, 0.15) is 52.7 Å². The number of hydrogen-bond donors (Lipinski definition) is 4. The Morgan fingerprint density at radius 2 is 1.71 bits per heavy atom. The molecular weight excluding hydrogens is 515 g/mol. The Hall–Kier alpha value is -3.30. The van der Waals surface area contributed by atoms with Crippen molar-refractivity contribution in [2.75, 3.05) is 29.2 Å². The van der Waals surface area contributed by atoms with Gasteiger partial charge in [0.05, 0.1) is 22.8 Å². The molecule has 0 fully saturated rings. The topological polar surface area (TPSA) is 98.3 Å². The first-order valence-corrected chi connectivity index (χ1v) is 12.8. The number of benzene rings is 2. The second-order valence-corrected chi connectivity index (χ2v) is 8.90. The van der Waals surface area contributed by atoms with Crippen molar-refractivity contribution in [3.05, 3.63) is 82.9 Å². The summed E-state index contributed by atoms with van der Waals surface area (Å²) >= 11 is 5.72. The van der Waals surface area contributed by atoms with E-state index < -0.39 is 11.6 Å². The van der Waals surface area contributed by atoms with Gasteiger partial charge in [-0.1, -0.05) is 45.4 Å². The largest absolute Gasteiger partial charge is 0.397 e. The Kier molecular flexibility index (Phi) is 14.9. The highest BCUT2D eigenvalue weighted by molar-refractivity contribution is 6.30. The number of pyridine rings is 1. The van der Waals surface area contributed by atoms with E-state index in [0.717, 1.165) is 38.4 Å². The highest BCUT2D eigenvalue weighted by atomic mass is 35.5. The molecule has 10 heteroatoms. The van der Waals surface area contributed by atoms with Gasteiger partial charge < -0.3 is 16.0 Å². The third-order valence-corrected chi connectivity index (χ3v) is 5.74. The van der Waals surface area contributed by atoms with Crippen molar-refractivity contribution >= 4 is 34.4 Å². The van der Waals surface area contributed by atoms with Gasteiger partial charge in [-0.15, -0.1) is 0 Å². The molecule has 0 spiro atoms. The Bertz CT molecular complexity index is 1140. The van der Waals surface area contributed by atoms with Crippen LogP contribution in [-0.4, -0.2) is 29.0 Å². The minimum atomic E-state index is -1.08. The number of nitrogens with zero attached hydrogens (tertiary/aromatic N) is 2. The van der Waals surface area contributed by atoms with Crippen LogP contribution in [0.5, 0.6) is 0 Å². The van der Waals surface area contributed by atoms with Gasteiger partial charge in [0.1, 0.15) is 11.5 Å². The standard InChI is InChI=1S/C12H17ClFN.C10H15N3.C6H5F2NO/c1-3-7-15(8-4-2)12-6-5-10(13)9-11(12)14;1-3-7(2)9(12)10-8(11)5-4-6-13-10;7-4-2-1-3-5(9-10)6(4)8/h5-6,9H,3-4,7-8H2,1-2H3;4-7,12H,3,11H2,1-2H3;1-3,9-10H. The number of aromatic nitrogens is 1. The van der Waals surface area contributed by atoms with E-state index in [-0.39, 0.29) is 17.4 Å². The third kappa shape index (κ3) is 10.2. The van der Waals surface area contributed by atoms with Gasteiger partial charge in [-0.25, -0.2) is 13.2 Å². The van der Waals surface area contributed by atoms with E-state index in [9.17, 15) is 13.2 Å². The average Bonchev–Trinajstić information content (AvgIpc) is 2.90. The molecule has 0 saturated heterocycles. The summed E-state index contributed by atoms with van der Waals surface area (Å²) in [7, 11) is 0. The summed E-state index contributed by atoms with van der Waals surface area (Å²) in [6.07, 6.45) is 4.64. The Morgan fingerprint density at radius 1 is 1.05 bits per heavy atom. The average molecular weight is 552 g/mol. The normalized spacial score (nSPS) is 10.9. The van der Waals surface area contributed by atoms with Crippen LogP contribution in [0.15, 0.2) is 54.7 Å². The van der Waals surface area contributed by atoms with E-state index in [0.29, 0.717) is 27.8 Å². The Morgan fingerprint density at radius 3 is 2.21 bits per heavy atom. The van der Waals surface area contributed by atoms with Crippen molar-refractivity contribution in [2.24, 2.45) is 5.92 Å². The maximum absolute atomic E-state index is 13.6. The van der Waals surface area contributed by atoms with Gasteiger partial charge in [0.2, 0.25) is 0 Å². The summed E-state index contributed by atoms with van der Waals surface area (Å²) < 4.78 is 38.3. The number of hydrogen-bond acceptors (Lipinski definition) is 6. The molecule has 1 atom stereocenters. The van der Waals surface area contributed by atoms with Gasteiger partial charge in [-0.3, -0.25) is 15.7 Å². The fourth-order valence-corrected chi connectivity index (χ4v) is 3.46. The number of rotatable bonds is 9. The molecule has 0 radical (unpaired) electrons. The van der Waals surface area contributed by atoms with Crippen LogP contribution in [0.3, 0.4) is 0 Å². The predicted octanol–water partition coefficient (Wildman–Crippen LogP) is 7.95. The molecule has 0 aliphatic rings. The molecule has 1 unspecified atom stereocenters. The van der Waals surface area contributed by atoms with Gasteiger partial charge in [0.15, 0.2) is 11.6 Å². The van der Waals surface area contributed by atoms with E-state index in [2.05, 4.69) is 30.7 Å². The van der Waals surface area contributed by atoms with Crippen LogP contribution in [0.2, 0.25) is 5.02 Å². The maximum Gasteiger partial charge on any atom is 0.184 e. The smallest absolute Gasteiger partial charge is 0.184 e. The third-order valence-electron chi connectivity index (χ3n) is 5.51. The van der Waals surface area contributed by atoms with Crippen LogP contribution in [0, 0.1) is 28.8 Å². The molecule has 6 nitrogen and oxygen atoms in total. The summed E-state index contributed by atoms with van der Waals surface area (Å²) in [5.41, 5.74) is 9.36. The minimum absolute atomic E-state index is 0.220.